The summed E-state index contributed by atoms with van der Waals surface area (Å²) in [5.74, 6) is -0.341. The van der Waals surface area contributed by atoms with Crippen molar-refractivity contribution < 1.29 is 14.8 Å². The Morgan fingerprint density at radius 1 is 1.55 bits per heavy atom. The first-order chi connectivity index (χ1) is 9.53. The van der Waals surface area contributed by atoms with Crippen molar-refractivity contribution in [1.29, 1.82) is 0 Å². The molecule has 2 N–H and O–H groups in total. The molecule has 1 amide bonds. The molecule has 7 nitrogen and oxygen atoms in total. The van der Waals surface area contributed by atoms with Gasteiger partial charge in [-0.15, -0.1) is 0 Å². The summed E-state index contributed by atoms with van der Waals surface area (Å²) in [4.78, 5) is 22.5. The highest BCUT2D eigenvalue weighted by atomic mass is 16.6. The molecule has 20 heavy (non-hydrogen) atoms. The van der Waals surface area contributed by atoms with Gasteiger partial charge in [0.25, 0.3) is 11.6 Å². The Morgan fingerprint density at radius 3 is 2.75 bits per heavy atom. The summed E-state index contributed by atoms with van der Waals surface area (Å²) in [6, 6.07) is 1.16. The largest absolute Gasteiger partial charge is 0.396 e. The Balaban J connectivity index is 2.92. The van der Waals surface area contributed by atoms with Crippen molar-refractivity contribution in [2.75, 3.05) is 6.61 Å². The van der Waals surface area contributed by atoms with Gasteiger partial charge in [-0.2, -0.15) is 0 Å². The third-order valence-corrected chi connectivity index (χ3v) is 3.10. The first-order valence-electron chi connectivity index (χ1n) is 6.79. The summed E-state index contributed by atoms with van der Waals surface area (Å²) in [5.41, 5.74) is 0.203. The highest BCUT2D eigenvalue weighted by Gasteiger charge is 2.20. The minimum absolute atomic E-state index is 0.00505. The lowest BCUT2D eigenvalue weighted by Crippen LogP contribution is -2.36. The van der Waals surface area contributed by atoms with Gasteiger partial charge in [0, 0.05) is 25.3 Å². The summed E-state index contributed by atoms with van der Waals surface area (Å²) in [5, 5.41) is 22.5. The lowest BCUT2D eigenvalue weighted by atomic mass is 10.1. The maximum absolute atomic E-state index is 12.2. The van der Waals surface area contributed by atoms with E-state index in [2.05, 4.69) is 5.32 Å². The number of aromatic nitrogens is 1. The fourth-order valence-electron chi connectivity index (χ4n) is 2.00. The van der Waals surface area contributed by atoms with E-state index in [4.69, 9.17) is 5.11 Å². The highest BCUT2D eigenvalue weighted by Crippen LogP contribution is 2.17. The van der Waals surface area contributed by atoms with Crippen LogP contribution < -0.4 is 5.32 Å². The molecule has 0 aliphatic heterocycles. The van der Waals surface area contributed by atoms with Gasteiger partial charge in [0.1, 0.15) is 5.69 Å². The Kier molecular flexibility index (Phi) is 6.17. The van der Waals surface area contributed by atoms with Crippen LogP contribution in [0.25, 0.3) is 0 Å². The zero-order chi connectivity index (χ0) is 15.1. The fraction of sp³-hybridized carbons (Fsp3) is 0.615. The zero-order valence-electron chi connectivity index (χ0n) is 11.8. The summed E-state index contributed by atoms with van der Waals surface area (Å²) in [6.45, 7) is 4.39. The number of nitrogens with one attached hydrogen (secondary N) is 1. The summed E-state index contributed by atoms with van der Waals surface area (Å²) in [7, 11) is 0. The van der Waals surface area contributed by atoms with Crippen LogP contribution in [0.4, 0.5) is 5.69 Å². The molecule has 0 aliphatic rings. The number of aryl methyl sites for hydroxylation is 1. The van der Waals surface area contributed by atoms with Crippen molar-refractivity contribution in [2.24, 2.45) is 0 Å². The van der Waals surface area contributed by atoms with E-state index < -0.39 is 4.92 Å². The van der Waals surface area contributed by atoms with Crippen molar-refractivity contribution in [1.82, 2.24) is 9.88 Å². The van der Waals surface area contributed by atoms with Crippen molar-refractivity contribution in [3.63, 3.8) is 0 Å². The molecule has 0 fully saturated rings. The highest BCUT2D eigenvalue weighted by molar-refractivity contribution is 5.93. The van der Waals surface area contributed by atoms with E-state index in [9.17, 15) is 14.9 Å². The number of amides is 1. The Morgan fingerprint density at radius 2 is 2.25 bits per heavy atom. The normalized spacial score (nSPS) is 12.2. The van der Waals surface area contributed by atoms with Gasteiger partial charge in [-0.3, -0.25) is 14.9 Å². The minimum atomic E-state index is -0.506. The van der Waals surface area contributed by atoms with Gasteiger partial charge in [-0.25, -0.2) is 0 Å². The maximum atomic E-state index is 12.2. The van der Waals surface area contributed by atoms with Crippen LogP contribution in [0.3, 0.4) is 0 Å². The Labute approximate surface area is 117 Å². The standard InChI is InChI=1S/C13H21N3O4/c1-3-6-15-9-11(16(19)20)8-12(15)13(18)14-10(4-2)5-7-17/h8-10,17H,3-7H2,1-2H3,(H,14,18). The van der Waals surface area contributed by atoms with Gasteiger partial charge in [-0.1, -0.05) is 13.8 Å². The molecule has 1 rings (SSSR count). The number of nitrogens with zero attached hydrogens (tertiary/aromatic N) is 2. The first-order valence-corrected chi connectivity index (χ1v) is 6.79. The minimum Gasteiger partial charge on any atom is -0.396 e. The quantitative estimate of drug-likeness (QED) is 0.560. The molecule has 0 aromatic carbocycles. The average Bonchev–Trinajstić information content (AvgIpc) is 2.83. The third-order valence-electron chi connectivity index (χ3n) is 3.10. The molecule has 1 heterocycles. The van der Waals surface area contributed by atoms with Crippen LogP contribution in [0, 0.1) is 10.1 Å². The predicted molar refractivity (Wildman–Crippen MR) is 74.6 cm³/mol. The molecule has 0 aliphatic carbocycles. The molecule has 1 unspecified atom stereocenters. The van der Waals surface area contributed by atoms with Crippen LogP contribution in [-0.2, 0) is 6.54 Å². The topological polar surface area (TPSA) is 97.4 Å². The van der Waals surface area contributed by atoms with Gasteiger partial charge >= 0.3 is 0 Å². The van der Waals surface area contributed by atoms with Crippen LogP contribution in [0.1, 0.15) is 43.6 Å². The van der Waals surface area contributed by atoms with Crippen LogP contribution in [-0.4, -0.2) is 33.2 Å². The summed E-state index contributed by atoms with van der Waals surface area (Å²) < 4.78 is 1.60. The van der Waals surface area contributed by atoms with E-state index in [0.717, 1.165) is 6.42 Å². The van der Waals surface area contributed by atoms with Crippen molar-refractivity contribution >= 4 is 11.6 Å². The second-order valence-corrected chi connectivity index (χ2v) is 4.62. The van der Waals surface area contributed by atoms with Crippen LogP contribution in [0.5, 0.6) is 0 Å². The molecule has 1 atom stereocenters. The molecule has 0 saturated carbocycles. The van der Waals surface area contributed by atoms with E-state index in [0.29, 0.717) is 19.4 Å². The number of carbonyl (C=O) groups excluding carboxylic acids is 1. The number of hydrogen-bond acceptors (Lipinski definition) is 4. The lowest BCUT2D eigenvalue weighted by Gasteiger charge is -2.16. The molecular weight excluding hydrogens is 262 g/mol. The van der Waals surface area contributed by atoms with E-state index in [1.807, 2.05) is 13.8 Å². The number of aliphatic hydroxyl groups is 1. The van der Waals surface area contributed by atoms with Gasteiger partial charge in [0.15, 0.2) is 0 Å². The zero-order valence-corrected chi connectivity index (χ0v) is 11.8. The first kappa shape index (κ1) is 16.2. The number of rotatable bonds is 8. The molecule has 112 valence electrons. The van der Waals surface area contributed by atoms with Gasteiger partial charge in [-0.05, 0) is 19.3 Å². The molecule has 0 bridgehead atoms. The van der Waals surface area contributed by atoms with Crippen molar-refractivity contribution in [2.45, 2.75) is 45.7 Å². The summed E-state index contributed by atoms with van der Waals surface area (Å²) in [6.07, 6.45) is 3.33. The van der Waals surface area contributed by atoms with Crippen LogP contribution in [0.2, 0.25) is 0 Å². The molecule has 0 spiro atoms. The lowest BCUT2D eigenvalue weighted by molar-refractivity contribution is -0.384. The second kappa shape index (κ2) is 7.64. The van der Waals surface area contributed by atoms with Crippen molar-refractivity contribution in [3.05, 3.63) is 28.1 Å². The maximum Gasteiger partial charge on any atom is 0.287 e. The Hall–Kier alpha value is -1.89. The van der Waals surface area contributed by atoms with E-state index in [1.54, 1.807) is 4.57 Å². The summed E-state index contributed by atoms with van der Waals surface area (Å²) >= 11 is 0. The Bertz CT molecular complexity index is 470. The van der Waals surface area contributed by atoms with E-state index in [1.165, 1.54) is 12.3 Å². The molecule has 7 heteroatoms. The van der Waals surface area contributed by atoms with E-state index in [-0.39, 0.29) is 29.9 Å². The number of nitro groups is 1. The monoisotopic (exact) mass is 283 g/mol. The average molecular weight is 283 g/mol. The van der Waals surface area contributed by atoms with Gasteiger partial charge < -0.3 is 15.0 Å². The smallest absolute Gasteiger partial charge is 0.287 e. The van der Waals surface area contributed by atoms with Crippen LogP contribution in [0.15, 0.2) is 12.3 Å². The second-order valence-electron chi connectivity index (χ2n) is 4.62. The molecule has 1 aromatic rings. The van der Waals surface area contributed by atoms with Crippen molar-refractivity contribution in [3.8, 4) is 0 Å². The fourth-order valence-corrected chi connectivity index (χ4v) is 2.00. The molecular formula is C13H21N3O4. The number of carbonyl (C=O) groups is 1. The third kappa shape index (κ3) is 4.06. The molecule has 0 saturated heterocycles. The van der Waals surface area contributed by atoms with Gasteiger partial charge in [0.05, 0.1) is 11.1 Å². The predicted octanol–water partition coefficient (Wildman–Crippen LogP) is 1.70. The SMILES string of the molecule is CCCn1cc([N+](=O)[O-])cc1C(=O)NC(CC)CCO. The molecule has 0 radical (unpaired) electrons. The number of hydrogen-bond donors (Lipinski definition) is 2. The molecule has 1 aromatic heterocycles. The number of aliphatic hydroxyl groups excluding tert-OH is 1. The van der Waals surface area contributed by atoms with Gasteiger partial charge in [0.2, 0.25) is 0 Å². The van der Waals surface area contributed by atoms with E-state index >= 15 is 0 Å². The van der Waals surface area contributed by atoms with Crippen LogP contribution >= 0.6 is 0 Å².